The maximum Gasteiger partial charge on any atom is 0.419 e. The van der Waals surface area contributed by atoms with Crippen molar-refractivity contribution in [1.29, 1.82) is 0 Å². The molecule has 0 radical (unpaired) electrons. The molecular weight excluding hydrogens is 228 g/mol. The van der Waals surface area contributed by atoms with E-state index in [9.17, 15) is 17.6 Å². The molecule has 1 aromatic heterocycles. The summed E-state index contributed by atoms with van der Waals surface area (Å²) < 4.78 is 54.9. The van der Waals surface area contributed by atoms with Gasteiger partial charge in [-0.3, -0.25) is 0 Å². The van der Waals surface area contributed by atoms with Crippen LogP contribution >= 0.6 is 0 Å². The monoisotopic (exact) mass is 232 g/mol. The Kier molecular flexibility index (Phi) is 2.37. The summed E-state index contributed by atoms with van der Waals surface area (Å²) in [6.45, 7) is 0. The van der Waals surface area contributed by atoms with E-state index < -0.39 is 17.6 Å². The van der Waals surface area contributed by atoms with Crippen LogP contribution in [0, 0.1) is 5.82 Å². The van der Waals surface area contributed by atoms with Crippen molar-refractivity contribution in [1.82, 2.24) is 10.1 Å². The molecule has 7 heteroatoms. The predicted molar refractivity (Wildman–Crippen MR) is 44.7 cm³/mol. The third-order valence-corrected chi connectivity index (χ3v) is 1.91. The van der Waals surface area contributed by atoms with E-state index in [-0.39, 0.29) is 11.4 Å². The average Bonchev–Trinajstić information content (AvgIpc) is 2.69. The Morgan fingerprint density at radius 1 is 1.19 bits per heavy atom. The Labute approximate surface area is 86.7 Å². The van der Waals surface area contributed by atoms with Gasteiger partial charge in [0.1, 0.15) is 5.82 Å². The van der Waals surface area contributed by atoms with Gasteiger partial charge in [-0.25, -0.2) is 4.39 Å². The average molecular weight is 232 g/mol. The molecule has 0 fully saturated rings. The number of benzene rings is 1. The largest absolute Gasteiger partial charge is 0.419 e. The zero-order valence-electron chi connectivity index (χ0n) is 7.62. The van der Waals surface area contributed by atoms with E-state index in [1.165, 1.54) is 0 Å². The fraction of sp³-hybridized carbons (Fsp3) is 0.111. The van der Waals surface area contributed by atoms with Gasteiger partial charge >= 0.3 is 6.18 Å². The second kappa shape index (κ2) is 3.58. The minimum atomic E-state index is -4.75. The third-order valence-electron chi connectivity index (χ3n) is 1.91. The molecule has 0 aliphatic rings. The van der Waals surface area contributed by atoms with Gasteiger partial charge in [0.25, 0.3) is 0 Å². The fourth-order valence-electron chi connectivity index (χ4n) is 1.21. The third kappa shape index (κ3) is 1.75. The lowest BCUT2D eigenvalue weighted by Crippen LogP contribution is -2.08. The lowest BCUT2D eigenvalue weighted by atomic mass is 10.1. The van der Waals surface area contributed by atoms with Gasteiger partial charge in [0.05, 0.1) is 11.1 Å². The molecule has 0 saturated carbocycles. The van der Waals surface area contributed by atoms with Crippen molar-refractivity contribution in [3.63, 3.8) is 0 Å². The van der Waals surface area contributed by atoms with E-state index in [4.69, 9.17) is 0 Å². The minimum absolute atomic E-state index is 0.219. The number of hydrogen-bond acceptors (Lipinski definition) is 3. The van der Waals surface area contributed by atoms with Crippen molar-refractivity contribution in [2.45, 2.75) is 6.18 Å². The van der Waals surface area contributed by atoms with Crippen LogP contribution < -0.4 is 0 Å². The van der Waals surface area contributed by atoms with Crippen LogP contribution in [-0.4, -0.2) is 10.1 Å². The topological polar surface area (TPSA) is 38.9 Å². The lowest BCUT2D eigenvalue weighted by Gasteiger charge is -2.08. The normalized spacial score (nSPS) is 11.8. The number of hydrogen-bond donors (Lipinski definition) is 0. The van der Waals surface area contributed by atoms with Gasteiger partial charge in [-0.2, -0.15) is 18.2 Å². The van der Waals surface area contributed by atoms with Crippen molar-refractivity contribution in [2.24, 2.45) is 0 Å². The molecule has 0 saturated heterocycles. The molecule has 0 spiro atoms. The quantitative estimate of drug-likeness (QED) is 0.709. The highest BCUT2D eigenvalue weighted by atomic mass is 19.4. The highest BCUT2D eigenvalue weighted by molar-refractivity contribution is 5.56. The molecule has 0 N–H and O–H groups in total. The summed E-state index contributed by atoms with van der Waals surface area (Å²) in [7, 11) is 0. The smallest absolute Gasteiger partial charge is 0.342 e. The summed E-state index contributed by atoms with van der Waals surface area (Å²) in [6.07, 6.45) is -3.83. The Balaban J connectivity index is 2.58. The van der Waals surface area contributed by atoms with E-state index in [1.807, 2.05) is 0 Å². The second-order valence-electron chi connectivity index (χ2n) is 2.92. The molecule has 0 bridgehead atoms. The first-order valence-electron chi connectivity index (χ1n) is 4.12. The van der Waals surface area contributed by atoms with E-state index in [1.54, 1.807) is 0 Å². The Morgan fingerprint density at radius 3 is 2.50 bits per heavy atom. The van der Waals surface area contributed by atoms with Gasteiger partial charge in [0, 0.05) is 0 Å². The highest BCUT2D eigenvalue weighted by Crippen LogP contribution is 2.34. The van der Waals surface area contributed by atoms with Gasteiger partial charge in [0.2, 0.25) is 12.2 Å². The zero-order valence-corrected chi connectivity index (χ0v) is 7.62. The van der Waals surface area contributed by atoms with E-state index in [0.29, 0.717) is 6.07 Å². The van der Waals surface area contributed by atoms with Crippen molar-refractivity contribution >= 4 is 0 Å². The molecule has 2 rings (SSSR count). The van der Waals surface area contributed by atoms with Crippen molar-refractivity contribution in [3.05, 3.63) is 36.0 Å². The molecule has 2 aromatic rings. The Bertz CT molecular complexity index is 493. The van der Waals surface area contributed by atoms with Crippen LogP contribution in [0.2, 0.25) is 0 Å². The Hall–Kier alpha value is -1.92. The summed E-state index contributed by atoms with van der Waals surface area (Å²) in [6, 6.07) is 2.88. The van der Waals surface area contributed by atoms with Crippen molar-refractivity contribution in [2.75, 3.05) is 0 Å². The first kappa shape index (κ1) is 10.6. The van der Waals surface area contributed by atoms with Crippen LogP contribution in [0.1, 0.15) is 5.56 Å². The van der Waals surface area contributed by atoms with Gasteiger partial charge in [-0.15, -0.1) is 0 Å². The summed E-state index contributed by atoms with van der Waals surface area (Å²) in [5, 5.41) is 3.28. The van der Waals surface area contributed by atoms with E-state index in [0.717, 1.165) is 18.5 Å². The van der Waals surface area contributed by atoms with Crippen molar-refractivity contribution < 1.29 is 22.1 Å². The van der Waals surface area contributed by atoms with Crippen LogP contribution in [-0.2, 0) is 6.18 Å². The molecule has 0 unspecified atom stereocenters. The molecule has 84 valence electrons. The minimum Gasteiger partial charge on any atom is -0.342 e. The molecule has 3 nitrogen and oxygen atoms in total. The molecule has 0 aliphatic heterocycles. The molecule has 0 atom stereocenters. The highest BCUT2D eigenvalue weighted by Gasteiger charge is 2.35. The molecule has 0 amide bonds. The first-order valence-corrected chi connectivity index (χ1v) is 4.12. The summed E-state index contributed by atoms with van der Waals surface area (Å²) in [5.74, 6) is -1.62. The van der Waals surface area contributed by atoms with E-state index in [2.05, 4.69) is 14.7 Å². The van der Waals surface area contributed by atoms with Gasteiger partial charge in [0.15, 0.2) is 0 Å². The number of alkyl halides is 3. The maximum atomic E-state index is 13.5. The van der Waals surface area contributed by atoms with Gasteiger partial charge in [-0.05, 0) is 12.1 Å². The predicted octanol–water partition coefficient (Wildman–Crippen LogP) is 2.89. The summed E-state index contributed by atoms with van der Waals surface area (Å²) in [4.78, 5) is 3.49. The molecule has 1 heterocycles. The van der Waals surface area contributed by atoms with Crippen LogP contribution in [0.5, 0.6) is 0 Å². The van der Waals surface area contributed by atoms with Gasteiger partial charge < -0.3 is 4.52 Å². The van der Waals surface area contributed by atoms with E-state index >= 15 is 0 Å². The second-order valence-corrected chi connectivity index (χ2v) is 2.92. The number of halogens is 4. The summed E-state index contributed by atoms with van der Waals surface area (Å²) >= 11 is 0. The Morgan fingerprint density at radius 2 is 1.94 bits per heavy atom. The molecular formula is C9H4F4N2O. The standard InChI is InChI=1S/C9H4F4N2O/c10-7-5(8-14-4-16-15-8)2-1-3-6(7)9(11,12)13/h1-4H. The molecule has 16 heavy (non-hydrogen) atoms. The summed E-state index contributed by atoms with van der Waals surface area (Å²) in [5.41, 5.74) is -1.70. The van der Waals surface area contributed by atoms with Crippen LogP contribution in [0.4, 0.5) is 17.6 Å². The van der Waals surface area contributed by atoms with Crippen LogP contribution in [0.3, 0.4) is 0 Å². The molecule has 1 aromatic carbocycles. The number of nitrogens with zero attached hydrogens (tertiary/aromatic N) is 2. The fourth-order valence-corrected chi connectivity index (χ4v) is 1.21. The van der Waals surface area contributed by atoms with Crippen LogP contribution in [0.15, 0.2) is 29.1 Å². The zero-order chi connectivity index (χ0) is 11.8. The number of aromatic nitrogens is 2. The number of rotatable bonds is 1. The van der Waals surface area contributed by atoms with Crippen molar-refractivity contribution in [3.8, 4) is 11.4 Å². The van der Waals surface area contributed by atoms with Gasteiger partial charge in [-0.1, -0.05) is 11.2 Å². The maximum absolute atomic E-state index is 13.5. The lowest BCUT2D eigenvalue weighted by molar-refractivity contribution is -0.139. The molecule has 0 aliphatic carbocycles. The SMILES string of the molecule is Fc1c(-c2ncon2)cccc1C(F)(F)F. The first-order chi connectivity index (χ1) is 7.50. The van der Waals surface area contributed by atoms with Crippen LogP contribution in [0.25, 0.3) is 11.4 Å².